The second-order valence-corrected chi connectivity index (χ2v) is 11.5. The Labute approximate surface area is 200 Å². The first-order chi connectivity index (χ1) is 15.9. The fraction of sp³-hybridized carbons (Fsp3) is 0.208. The Morgan fingerprint density at radius 1 is 0.882 bits per heavy atom. The molecule has 3 aromatic carbocycles. The Balaban J connectivity index is 1.77. The van der Waals surface area contributed by atoms with E-state index in [2.05, 4.69) is 10.0 Å². The number of carbonyl (C=O) groups is 1. The first-order valence-electron chi connectivity index (χ1n) is 10.4. The smallest absolute Gasteiger partial charge is 0.261 e. The van der Waals surface area contributed by atoms with Crippen molar-refractivity contribution in [2.24, 2.45) is 0 Å². The van der Waals surface area contributed by atoms with Crippen molar-refractivity contribution >= 4 is 43.0 Å². The third-order valence-electron chi connectivity index (χ3n) is 5.17. The van der Waals surface area contributed by atoms with E-state index in [1.54, 1.807) is 36.4 Å². The molecule has 2 N–H and O–H groups in total. The van der Waals surface area contributed by atoms with Crippen molar-refractivity contribution in [3.63, 3.8) is 0 Å². The Morgan fingerprint density at radius 2 is 1.50 bits per heavy atom. The van der Waals surface area contributed by atoms with Gasteiger partial charge in [-0.15, -0.1) is 0 Å². The van der Waals surface area contributed by atoms with Gasteiger partial charge in [-0.2, -0.15) is 0 Å². The minimum atomic E-state index is -3.83. The molecule has 8 nitrogen and oxygen atoms in total. The topological polar surface area (TPSA) is 113 Å². The second kappa shape index (κ2) is 9.86. The average molecular weight is 502 g/mol. The lowest BCUT2D eigenvalue weighted by Gasteiger charge is -2.28. The Bertz CT molecular complexity index is 1390. The van der Waals surface area contributed by atoms with Crippen LogP contribution in [0.15, 0.2) is 77.7 Å². The van der Waals surface area contributed by atoms with Crippen LogP contribution in [0.2, 0.25) is 0 Å². The summed E-state index contributed by atoms with van der Waals surface area (Å²) in [7, 11) is -7.57. The Morgan fingerprint density at radius 3 is 2.09 bits per heavy atom. The van der Waals surface area contributed by atoms with E-state index >= 15 is 0 Å². The fourth-order valence-corrected chi connectivity index (χ4v) is 5.69. The molecule has 1 atom stereocenters. The number of nitrogens with zero attached hydrogens (tertiary/aromatic N) is 1. The molecular weight excluding hydrogens is 474 g/mol. The van der Waals surface area contributed by atoms with Crippen LogP contribution in [-0.4, -0.2) is 35.0 Å². The van der Waals surface area contributed by atoms with Gasteiger partial charge in [-0.3, -0.25) is 13.8 Å². The van der Waals surface area contributed by atoms with E-state index in [1.165, 1.54) is 31.2 Å². The molecule has 0 bridgehead atoms. The molecule has 1 unspecified atom stereocenters. The van der Waals surface area contributed by atoms with Crippen molar-refractivity contribution in [3.05, 3.63) is 83.9 Å². The quantitative estimate of drug-likeness (QED) is 0.486. The van der Waals surface area contributed by atoms with Crippen molar-refractivity contribution < 1.29 is 21.6 Å². The van der Waals surface area contributed by atoms with Crippen LogP contribution < -0.4 is 14.3 Å². The maximum absolute atomic E-state index is 12.8. The van der Waals surface area contributed by atoms with Crippen LogP contribution in [0.25, 0.3) is 0 Å². The molecule has 0 saturated heterocycles. The average Bonchev–Trinajstić information content (AvgIpc) is 2.76. The zero-order valence-electron chi connectivity index (χ0n) is 19.3. The molecule has 10 heteroatoms. The summed E-state index contributed by atoms with van der Waals surface area (Å²) >= 11 is 0. The first-order valence-corrected chi connectivity index (χ1v) is 13.8. The van der Waals surface area contributed by atoms with Gasteiger partial charge in [0.2, 0.25) is 15.9 Å². The molecular formula is C24H27N3O5S2. The summed E-state index contributed by atoms with van der Waals surface area (Å²) in [6, 6.07) is 18.4. The standard InChI is InChI=1S/C24H27N3O5S2/c1-17-10-11-18(2)23(16-17)26-34(31,32)22-14-12-20(13-15-22)25-24(28)19(3)27(33(4,29)30)21-8-6-5-7-9-21/h5-16,19,26H,1-4H3,(H,25,28). The molecule has 3 aromatic rings. The van der Waals surface area contributed by atoms with E-state index in [9.17, 15) is 21.6 Å². The first kappa shape index (κ1) is 25.3. The van der Waals surface area contributed by atoms with Crippen LogP contribution in [0.3, 0.4) is 0 Å². The van der Waals surface area contributed by atoms with E-state index in [4.69, 9.17) is 0 Å². The summed E-state index contributed by atoms with van der Waals surface area (Å²) in [5, 5.41) is 2.65. The highest BCUT2D eigenvalue weighted by Gasteiger charge is 2.29. The number of hydrogen-bond acceptors (Lipinski definition) is 5. The van der Waals surface area contributed by atoms with Gasteiger partial charge in [0.25, 0.3) is 10.0 Å². The molecule has 34 heavy (non-hydrogen) atoms. The van der Waals surface area contributed by atoms with Gasteiger partial charge in [0.1, 0.15) is 6.04 Å². The van der Waals surface area contributed by atoms with E-state index in [0.29, 0.717) is 17.1 Å². The van der Waals surface area contributed by atoms with E-state index < -0.39 is 32.0 Å². The van der Waals surface area contributed by atoms with Crippen molar-refractivity contribution in [1.29, 1.82) is 0 Å². The second-order valence-electron chi connectivity index (χ2n) is 8.01. The van der Waals surface area contributed by atoms with Crippen molar-refractivity contribution in [2.45, 2.75) is 31.7 Å². The summed E-state index contributed by atoms with van der Waals surface area (Å²) in [4.78, 5) is 12.8. The third-order valence-corrected chi connectivity index (χ3v) is 7.79. The van der Waals surface area contributed by atoms with Crippen LogP contribution in [0.1, 0.15) is 18.1 Å². The number of nitrogens with one attached hydrogen (secondary N) is 2. The summed E-state index contributed by atoms with van der Waals surface area (Å²) in [6.45, 7) is 5.17. The van der Waals surface area contributed by atoms with Crippen LogP contribution in [0.5, 0.6) is 0 Å². The number of amides is 1. The minimum Gasteiger partial charge on any atom is -0.324 e. The highest BCUT2D eigenvalue weighted by atomic mass is 32.2. The van der Waals surface area contributed by atoms with Gasteiger partial charge in [0.15, 0.2) is 0 Å². The number of aryl methyl sites for hydroxylation is 2. The maximum atomic E-state index is 12.8. The summed E-state index contributed by atoms with van der Waals surface area (Å²) in [5.74, 6) is -0.557. The SMILES string of the molecule is Cc1ccc(C)c(NS(=O)(=O)c2ccc(NC(=O)C(C)N(c3ccccc3)S(C)(=O)=O)cc2)c1. The minimum absolute atomic E-state index is 0.0292. The molecule has 0 aliphatic heterocycles. The number of rotatable bonds is 8. The molecule has 0 radical (unpaired) electrons. The highest BCUT2D eigenvalue weighted by Crippen LogP contribution is 2.23. The number of para-hydroxylation sites is 1. The van der Waals surface area contributed by atoms with Crippen LogP contribution in [0.4, 0.5) is 17.1 Å². The fourth-order valence-electron chi connectivity index (χ4n) is 3.40. The van der Waals surface area contributed by atoms with Gasteiger partial charge in [-0.1, -0.05) is 30.3 Å². The number of carbonyl (C=O) groups excluding carboxylic acids is 1. The summed E-state index contributed by atoms with van der Waals surface area (Å²) < 4.78 is 53.9. The maximum Gasteiger partial charge on any atom is 0.261 e. The largest absolute Gasteiger partial charge is 0.324 e. The van der Waals surface area contributed by atoms with Crippen LogP contribution in [-0.2, 0) is 24.8 Å². The molecule has 1 amide bonds. The lowest BCUT2D eigenvalue weighted by Crippen LogP contribution is -2.45. The van der Waals surface area contributed by atoms with E-state index in [0.717, 1.165) is 21.7 Å². The van der Waals surface area contributed by atoms with Gasteiger partial charge in [-0.25, -0.2) is 16.8 Å². The molecule has 0 aliphatic rings. The highest BCUT2D eigenvalue weighted by molar-refractivity contribution is 7.92. The van der Waals surface area contributed by atoms with Gasteiger partial charge in [0.05, 0.1) is 22.5 Å². The van der Waals surface area contributed by atoms with Crippen LogP contribution >= 0.6 is 0 Å². The van der Waals surface area contributed by atoms with Crippen molar-refractivity contribution in [2.75, 3.05) is 20.6 Å². The number of benzene rings is 3. The van der Waals surface area contributed by atoms with Gasteiger partial charge in [0, 0.05) is 5.69 Å². The molecule has 0 spiro atoms. The van der Waals surface area contributed by atoms with Gasteiger partial charge < -0.3 is 5.32 Å². The van der Waals surface area contributed by atoms with Crippen LogP contribution in [0, 0.1) is 13.8 Å². The Hall–Kier alpha value is -3.37. The van der Waals surface area contributed by atoms with Gasteiger partial charge >= 0.3 is 0 Å². The number of anilines is 3. The Kier molecular flexibility index (Phi) is 7.32. The summed E-state index contributed by atoms with van der Waals surface area (Å²) in [6.07, 6.45) is 1.03. The van der Waals surface area contributed by atoms with E-state index in [-0.39, 0.29) is 4.90 Å². The molecule has 3 rings (SSSR count). The predicted octanol–water partition coefficient (Wildman–Crippen LogP) is 3.90. The van der Waals surface area contributed by atoms with Gasteiger partial charge in [-0.05, 0) is 74.4 Å². The third kappa shape index (κ3) is 5.95. The number of hydrogen-bond donors (Lipinski definition) is 2. The molecule has 0 heterocycles. The monoisotopic (exact) mass is 501 g/mol. The molecule has 0 saturated carbocycles. The molecule has 180 valence electrons. The molecule has 0 aromatic heterocycles. The zero-order valence-corrected chi connectivity index (χ0v) is 20.9. The lowest BCUT2D eigenvalue weighted by molar-refractivity contribution is -0.116. The molecule has 0 aliphatic carbocycles. The summed E-state index contributed by atoms with van der Waals surface area (Å²) in [5.41, 5.74) is 2.92. The van der Waals surface area contributed by atoms with Crippen molar-refractivity contribution in [3.8, 4) is 0 Å². The number of sulfonamides is 2. The molecule has 0 fully saturated rings. The van der Waals surface area contributed by atoms with Crippen molar-refractivity contribution in [1.82, 2.24) is 0 Å². The van der Waals surface area contributed by atoms with E-state index in [1.807, 2.05) is 26.0 Å². The predicted molar refractivity (Wildman–Crippen MR) is 135 cm³/mol. The normalized spacial score (nSPS) is 12.6. The lowest BCUT2D eigenvalue weighted by atomic mass is 10.1. The zero-order chi connectivity index (χ0) is 25.1.